The van der Waals surface area contributed by atoms with Crippen molar-refractivity contribution in [3.8, 4) is 0 Å². The molecule has 0 unspecified atom stereocenters. The highest BCUT2D eigenvalue weighted by Crippen LogP contribution is 2.40. The number of aromatic nitrogens is 2. The maximum absolute atomic E-state index is 12.5. The van der Waals surface area contributed by atoms with Crippen molar-refractivity contribution in [2.75, 3.05) is 57.3 Å². The molecule has 30 heavy (non-hydrogen) atoms. The molecule has 0 aromatic carbocycles. The van der Waals surface area contributed by atoms with E-state index < -0.39 is 5.41 Å². The number of piperidine rings is 1. The van der Waals surface area contributed by atoms with Gasteiger partial charge in [0.05, 0.1) is 22.5 Å². The number of halogens is 1. The number of rotatable bonds is 7. The Hall–Kier alpha value is -1.58. The van der Waals surface area contributed by atoms with E-state index in [4.69, 9.17) is 0 Å². The molecule has 3 aliphatic rings. The van der Waals surface area contributed by atoms with Crippen molar-refractivity contribution in [1.82, 2.24) is 19.8 Å². The normalized spacial score (nSPS) is 22.9. The molecule has 0 bridgehead atoms. The summed E-state index contributed by atoms with van der Waals surface area (Å²) < 4.78 is 12.5. The van der Waals surface area contributed by atoms with Gasteiger partial charge in [0.25, 0.3) is 0 Å². The van der Waals surface area contributed by atoms with Gasteiger partial charge >= 0.3 is 0 Å². The van der Waals surface area contributed by atoms with Crippen LogP contribution in [0.25, 0.3) is 0 Å². The molecule has 2 aliphatic heterocycles. The van der Waals surface area contributed by atoms with E-state index in [1.54, 1.807) is 0 Å². The summed E-state index contributed by atoms with van der Waals surface area (Å²) in [6, 6.07) is 0. The average Bonchev–Trinajstić information content (AvgIpc) is 3.06. The van der Waals surface area contributed by atoms with E-state index in [2.05, 4.69) is 24.7 Å². The summed E-state index contributed by atoms with van der Waals surface area (Å²) in [5.41, 5.74) is -0.620. The molecule has 3 fully saturated rings. The Morgan fingerprint density at radius 1 is 0.867 bits per heavy atom. The van der Waals surface area contributed by atoms with Crippen molar-refractivity contribution in [3.63, 3.8) is 0 Å². The fourth-order valence-corrected chi connectivity index (χ4v) is 5.12. The highest BCUT2D eigenvalue weighted by Gasteiger charge is 2.50. The number of anilines is 1. The van der Waals surface area contributed by atoms with Crippen molar-refractivity contribution in [2.24, 2.45) is 5.41 Å². The van der Waals surface area contributed by atoms with Gasteiger partial charge in [-0.1, -0.05) is 0 Å². The van der Waals surface area contributed by atoms with E-state index in [0.717, 1.165) is 78.0 Å². The van der Waals surface area contributed by atoms with E-state index in [9.17, 15) is 13.5 Å². The summed E-state index contributed by atoms with van der Waals surface area (Å²) in [7, 11) is 0. The third kappa shape index (κ3) is 4.68. The Balaban J connectivity index is 1.11. The van der Waals surface area contributed by atoms with Gasteiger partial charge in [-0.05, 0) is 51.9 Å². The Bertz CT molecular complexity index is 728. The summed E-state index contributed by atoms with van der Waals surface area (Å²) >= 11 is 0.166. The number of piperazine rings is 1. The Morgan fingerprint density at radius 2 is 1.40 bits per heavy atom. The van der Waals surface area contributed by atoms with Gasteiger partial charge in [0, 0.05) is 51.4 Å². The molecule has 7 nitrogen and oxygen atoms in total. The molecule has 1 aromatic heterocycles. The lowest BCUT2D eigenvalue weighted by molar-refractivity contribution is -0.138. The quantitative estimate of drug-likeness (QED) is 0.478. The lowest BCUT2D eigenvalue weighted by Crippen LogP contribution is -2.47. The molecule has 1 aromatic rings. The summed E-state index contributed by atoms with van der Waals surface area (Å²) in [5, 5.41) is 0. The first-order valence-electron chi connectivity index (χ1n) is 11.0. The lowest BCUT2D eigenvalue weighted by atomic mass is 9.75. The van der Waals surface area contributed by atoms with Gasteiger partial charge in [-0.15, -0.1) is 0 Å². The van der Waals surface area contributed by atoms with E-state index in [-0.39, 0.29) is 23.7 Å². The van der Waals surface area contributed by atoms with Gasteiger partial charge in [-0.2, -0.15) is 3.89 Å². The van der Waals surface area contributed by atoms with Gasteiger partial charge < -0.3 is 9.80 Å². The van der Waals surface area contributed by atoms with Crippen molar-refractivity contribution in [2.45, 2.75) is 43.4 Å². The summed E-state index contributed by atoms with van der Waals surface area (Å²) in [5.74, 6) is 1.05. The zero-order valence-electron chi connectivity index (χ0n) is 17.4. The van der Waals surface area contributed by atoms with Gasteiger partial charge in [-0.25, -0.2) is 9.97 Å². The smallest absolute Gasteiger partial charge is 0.225 e. The Morgan fingerprint density at radius 3 is 1.93 bits per heavy atom. The molecule has 164 valence electrons. The molecule has 2 saturated heterocycles. The van der Waals surface area contributed by atoms with E-state index in [0.29, 0.717) is 23.7 Å². The SMILES string of the molecule is O=C1CCC(=O)C12CCN(CCCCN1CCN(c3ncc(SF)cn3)CC1)CC2. The van der Waals surface area contributed by atoms with Crippen LogP contribution in [-0.2, 0) is 9.59 Å². The number of carbonyl (C=O) groups excluding carboxylic acids is 2. The first-order chi connectivity index (χ1) is 14.6. The highest BCUT2D eigenvalue weighted by molar-refractivity contribution is 7.94. The molecule has 0 N–H and O–H groups in total. The third-order valence-electron chi connectivity index (χ3n) is 6.91. The van der Waals surface area contributed by atoms with Crippen LogP contribution >= 0.6 is 12.1 Å². The molecule has 0 radical (unpaired) electrons. The van der Waals surface area contributed by atoms with E-state index in [1.165, 1.54) is 12.4 Å². The zero-order chi connectivity index (χ0) is 21.0. The maximum atomic E-state index is 12.5. The second-order valence-electron chi connectivity index (χ2n) is 8.60. The molecule has 1 aliphatic carbocycles. The second kappa shape index (κ2) is 9.70. The number of hydrogen-bond acceptors (Lipinski definition) is 8. The number of hydrogen-bond donors (Lipinski definition) is 0. The van der Waals surface area contributed by atoms with Crippen molar-refractivity contribution in [3.05, 3.63) is 12.4 Å². The predicted molar refractivity (Wildman–Crippen MR) is 114 cm³/mol. The molecule has 3 heterocycles. The van der Waals surface area contributed by atoms with E-state index >= 15 is 0 Å². The third-order valence-corrected chi connectivity index (χ3v) is 7.30. The molecule has 0 amide bonds. The summed E-state index contributed by atoms with van der Waals surface area (Å²) in [6.07, 6.45) is 7.71. The number of unbranched alkanes of at least 4 members (excludes halogenated alkanes) is 1. The molecule has 1 spiro atoms. The topological polar surface area (TPSA) is 69.6 Å². The molecule has 0 atom stereocenters. The number of Topliss-reactive ketones (excluding diaryl/α,β-unsaturated/α-hetero) is 2. The molecule has 1 saturated carbocycles. The van der Waals surface area contributed by atoms with Crippen molar-refractivity contribution in [1.29, 1.82) is 0 Å². The predicted octanol–water partition coefficient (Wildman–Crippen LogP) is 2.37. The van der Waals surface area contributed by atoms with Gasteiger partial charge in [0.1, 0.15) is 11.6 Å². The molecule has 9 heteroatoms. The number of nitrogens with zero attached hydrogens (tertiary/aromatic N) is 5. The number of ketones is 2. The minimum atomic E-state index is -0.620. The molecular formula is C21H30FN5O2S. The van der Waals surface area contributed by atoms with Crippen LogP contribution in [0.15, 0.2) is 17.3 Å². The second-order valence-corrected chi connectivity index (χ2v) is 9.23. The Kier molecular flexibility index (Phi) is 7.00. The fraction of sp³-hybridized carbons (Fsp3) is 0.714. The van der Waals surface area contributed by atoms with Crippen LogP contribution in [0, 0.1) is 5.41 Å². The monoisotopic (exact) mass is 435 g/mol. The van der Waals surface area contributed by atoms with Gasteiger partial charge in [0.15, 0.2) is 0 Å². The molecular weight excluding hydrogens is 405 g/mol. The first-order valence-corrected chi connectivity index (χ1v) is 11.7. The zero-order valence-corrected chi connectivity index (χ0v) is 18.2. The highest BCUT2D eigenvalue weighted by atomic mass is 32.2. The number of carbonyl (C=O) groups is 2. The van der Waals surface area contributed by atoms with Crippen LogP contribution < -0.4 is 4.90 Å². The van der Waals surface area contributed by atoms with E-state index in [1.807, 2.05) is 0 Å². The van der Waals surface area contributed by atoms with Crippen molar-refractivity contribution < 1.29 is 13.5 Å². The largest absolute Gasteiger partial charge is 0.338 e. The number of likely N-dealkylation sites (tertiary alicyclic amines) is 1. The summed E-state index contributed by atoms with van der Waals surface area (Å²) in [4.78, 5) is 40.3. The van der Waals surface area contributed by atoms with Crippen LogP contribution in [0.3, 0.4) is 0 Å². The Labute approximate surface area is 181 Å². The summed E-state index contributed by atoms with van der Waals surface area (Å²) in [6.45, 7) is 7.62. The first kappa shape index (κ1) is 21.6. The minimum Gasteiger partial charge on any atom is -0.338 e. The lowest BCUT2D eigenvalue weighted by Gasteiger charge is -2.37. The minimum absolute atomic E-state index is 0.166. The average molecular weight is 436 g/mol. The van der Waals surface area contributed by atoms with Crippen LogP contribution in [0.1, 0.15) is 38.5 Å². The van der Waals surface area contributed by atoms with Gasteiger partial charge in [0.2, 0.25) is 5.95 Å². The molecule has 4 rings (SSSR count). The van der Waals surface area contributed by atoms with Crippen LogP contribution in [0.2, 0.25) is 0 Å². The fourth-order valence-electron chi connectivity index (χ4n) is 4.93. The van der Waals surface area contributed by atoms with Crippen LogP contribution in [0.5, 0.6) is 0 Å². The maximum Gasteiger partial charge on any atom is 0.225 e. The van der Waals surface area contributed by atoms with Crippen LogP contribution in [-0.4, -0.2) is 83.7 Å². The van der Waals surface area contributed by atoms with Crippen molar-refractivity contribution >= 4 is 29.7 Å². The van der Waals surface area contributed by atoms with Crippen LogP contribution in [0.4, 0.5) is 9.83 Å². The standard InChI is InChI=1S/C21H30FN5O2S/c22-30-17-15-23-20(24-16-17)27-13-11-26(12-14-27)8-2-1-7-25-9-5-21(6-10-25)18(28)3-4-19(21)29/h15-16H,1-14H2. The van der Waals surface area contributed by atoms with Gasteiger partial charge in [-0.3, -0.25) is 14.5 Å².